The zero-order valence-corrected chi connectivity index (χ0v) is 10.2. The van der Waals surface area contributed by atoms with Crippen molar-refractivity contribution in [2.24, 2.45) is 0 Å². The number of nitrogens with one attached hydrogen (secondary N) is 1. The van der Waals surface area contributed by atoms with Crippen LogP contribution in [0.2, 0.25) is 0 Å². The molecule has 19 heavy (non-hydrogen) atoms. The van der Waals surface area contributed by atoms with Crippen molar-refractivity contribution in [1.29, 1.82) is 10.5 Å². The van der Waals surface area contributed by atoms with Crippen molar-refractivity contribution in [3.05, 3.63) is 47.3 Å². The van der Waals surface area contributed by atoms with Gasteiger partial charge in [-0.05, 0) is 18.7 Å². The molecule has 0 saturated heterocycles. The van der Waals surface area contributed by atoms with Crippen LogP contribution in [-0.2, 0) is 6.54 Å². The molecule has 0 aliphatic rings. The first-order valence-electron chi connectivity index (χ1n) is 5.52. The molecule has 0 unspecified atom stereocenters. The Bertz CT molecular complexity index is 690. The molecule has 0 radical (unpaired) electrons. The van der Waals surface area contributed by atoms with Gasteiger partial charge in [0.15, 0.2) is 11.4 Å². The molecule has 0 aliphatic carbocycles. The van der Waals surface area contributed by atoms with Crippen molar-refractivity contribution < 1.29 is 4.39 Å². The predicted octanol–water partition coefficient (Wildman–Crippen LogP) is 1.47. The number of aromatic nitrogens is 2. The van der Waals surface area contributed by atoms with Gasteiger partial charge >= 0.3 is 0 Å². The number of benzene rings is 1. The Hall–Kier alpha value is -2.70. The summed E-state index contributed by atoms with van der Waals surface area (Å²) in [4.78, 5) is 3.82. The van der Waals surface area contributed by atoms with E-state index in [4.69, 9.17) is 10.5 Å². The summed E-state index contributed by atoms with van der Waals surface area (Å²) in [6.45, 7) is 0.442. The smallest absolute Gasteiger partial charge is 0.177 e. The number of nitriles is 2. The molecule has 1 aromatic carbocycles. The average Bonchev–Trinajstić information content (AvgIpc) is 2.81. The van der Waals surface area contributed by atoms with E-state index >= 15 is 0 Å². The van der Waals surface area contributed by atoms with E-state index < -0.39 is 5.82 Å². The maximum atomic E-state index is 14.0. The zero-order valence-electron chi connectivity index (χ0n) is 10.2. The average molecular weight is 255 g/mol. The van der Waals surface area contributed by atoms with Crippen LogP contribution in [0.5, 0.6) is 0 Å². The molecule has 0 aliphatic heterocycles. The molecule has 94 valence electrons. The molecule has 1 heterocycles. The van der Waals surface area contributed by atoms with Gasteiger partial charge in [0.25, 0.3) is 0 Å². The van der Waals surface area contributed by atoms with Gasteiger partial charge in [-0.25, -0.2) is 9.37 Å². The van der Waals surface area contributed by atoms with Crippen LogP contribution in [0.15, 0.2) is 24.5 Å². The van der Waals surface area contributed by atoms with Crippen LogP contribution < -0.4 is 5.32 Å². The number of halogens is 1. The maximum Gasteiger partial charge on any atom is 0.177 e. The second kappa shape index (κ2) is 5.30. The fourth-order valence-corrected chi connectivity index (χ4v) is 1.87. The van der Waals surface area contributed by atoms with Crippen LogP contribution in [0.4, 0.5) is 4.39 Å². The first-order valence-corrected chi connectivity index (χ1v) is 5.52. The highest BCUT2D eigenvalue weighted by Crippen LogP contribution is 2.21. The highest BCUT2D eigenvalue weighted by molar-refractivity contribution is 5.49. The van der Waals surface area contributed by atoms with Crippen molar-refractivity contribution >= 4 is 0 Å². The molecule has 0 atom stereocenters. The van der Waals surface area contributed by atoms with Gasteiger partial charge in [-0.3, -0.25) is 4.57 Å². The molecule has 2 rings (SSSR count). The van der Waals surface area contributed by atoms with E-state index in [9.17, 15) is 4.39 Å². The molecule has 0 bridgehead atoms. The number of para-hydroxylation sites is 1. The Kier molecular flexibility index (Phi) is 3.56. The third-order valence-corrected chi connectivity index (χ3v) is 2.66. The molecule has 0 amide bonds. The molecule has 0 saturated carbocycles. The molecule has 6 heteroatoms. The first kappa shape index (κ1) is 12.7. The Labute approximate surface area is 109 Å². The molecule has 0 fully saturated rings. The van der Waals surface area contributed by atoms with E-state index in [2.05, 4.69) is 10.3 Å². The minimum atomic E-state index is -0.467. The van der Waals surface area contributed by atoms with Gasteiger partial charge < -0.3 is 5.32 Å². The number of imidazole rings is 1. The molecule has 1 aromatic heterocycles. The van der Waals surface area contributed by atoms with Crippen molar-refractivity contribution in [3.63, 3.8) is 0 Å². The quantitative estimate of drug-likeness (QED) is 0.901. The lowest BCUT2D eigenvalue weighted by Gasteiger charge is -2.11. The van der Waals surface area contributed by atoms with Gasteiger partial charge in [0.1, 0.15) is 24.3 Å². The van der Waals surface area contributed by atoms with Gasteiger partial charge in [-0.15, -0.1) is 0 Å². The zero-order chi connectivity index (χ0) is 13.8. The fraction of sp³-hybridized carbons (Fsp3) is 0.154. The number of nitrogens with zero attached hydrogens (tertiary/aromatic N) is 4. The second-order valence-corrected chi connectivity index (χ2v) is 3.81. The molecule has 1 N–H and O–H groups in total. The summed E-state index contributed by atoms with van der Waals surface area (Å²) >= 11 is 0. The summed E-state index contributed by atoms with van der Waals surface area (Å²) in [5.74, 6) is -0.467. The Morgan fingerprint density at radius 3 is 2.79 bits per heavy atom. The minimum absolute atomic E-state index is 0.0128. The van der Waals surface area contributed by atoms with E-state index in [1.807, 2.05) is 12.1 Å². The molecule has 0 spiro atoms. The van der Waals surface area contributed by atoms with Crippen molar-refractivity contribution in [2.75, 3.05) is 7.05 Å². The Morgan fingerprint density at radius 2 is 2.16 bits per heavy atom. The third-order valence-electron chi connectivity index (χ3n) is 2.66. The van der Waals surface area contributed by atoms with Crippen molar-refractivity contribution in [3.8, 4) is 17.8 Å². The van der Waals surface area contributed by atoms with Crippen LogP contribution in [0.25, 0.3) is 5.69 Å². The van der Waals surface area contributed by atoms with E-state index in [0.717, 1.165) is 0 Å². The van der Waals surface area contributed by atoms with Crippen LogP contribution >= 0.6 is 0 Å². The fourth-order valence-electron chi connectivity index (χ4n) is 1.87. The molecule has 5 nitrogen and oxygen atoms in total. The Morgan fingerprint density at radius 1 is 1.37 bits per heavy atom. The van der Waals surface area contributed by atoms with Gasteiger partial charge in [0.2, 0.25) is 0 Å². The van der Waals surface area contributed by atoms with E-state index in [1.54, 1.807) is 19.2 Å². The van der Waals surface area contributed by atoms with Crippen LogP contribution in [0, 0.1) is 28.5 Å². The largest absolute Gasteiger partial charge is 0.316 e. The van der Waals surface area contributed by atoms with Gasteiger partial charge in [-0.2, -0.15) is 10.5 Å². The maximum absolute atomic E-state index is 14.0. The Balaban J connectivity index is 2.69. The lowest BCUT2D eigenvalue weighted by Crippen LogP contribution is -2.11. The summed E-state index contributed by atoms with van der Waals surface area (Å²) in [5, 5.41) is 20.9. The summed E-state index contributed by atoms with van der Waals surface area (Å²) in [6, 6.07) is 8.35. The third kappa shape index (κ3) is 2.17. The van der Waals surface area contributed by atoms with Crippen LogP contribution in [0.3, 0.4) is 0 Å². The monoisotopic (exact) mass is 255 g/mol. The van der Waals surface area contributed by atoms with Gasteiger partial charge in [-0.1, -0.05) is 12.1 Å². The lowest BCUT2D eigenvalue weighted by atomic mass is 10.1. The normalized spacial score (nSPS) is 9.89. The van der Waals surface area contributed by atoms with Crippen molar-refractivity contribution in [1.82, 2.24) is 14.9 Å². The first-order chi connectivity index (χ1) is 9.22. The van der Waals surface area contributed by atoms with Crippen LogP contribution in [0.1, 0.15) is 17.0 Å². The SMILES string of the molecule is CNCc1cccc(F)c1-n1cnc(C#N)c1C#N. The van der Waals surface area contributed by atoms with Crippen LogP contribution in [-0.4, -0.2) is 16.6 Å². The van der Waals surface area contributed by atoms with E-state index in [0.29, 0.717) is 12.1 Å². The number of rotatable bonds is 3. The topological polar surface area (TPSA) is 77.4 Å². The second-order valence-electron chi connectivity index (χ2n) is 3.81. The standard InChI is InChI=1S/C13H10FN5/c1-17-7-9-3-2-4-10(14)13(9)19-8-18-11(5-15)12(19)6-16/h2-4,8,17H,7H2,1H3. The summed E-state index contributed by atoms with van der Waals surface area (Å²) in [6.07, 6.45) is 1.29. The van der Waals surface area contributed by atoms with E-state index in [1.165, 1.54) is 17.0 Å². The summed E-state index contributed by atoms with van der Waals surface area (Å²) < 4.78 is 15.3. The minimum Gasteiger partial charge on any atom is -0.316 e. The molecule has 2 aromatic rings. The highest BCUT2D eigenvalue weighted by atomic mass is 19.1. The van der Waals surface area contributed by atoms with E-state index in [-0.39, 0.29) is 17.1 Å². The van der Waals surface area contributed by atoms with Gasteiger partial charge in [0.05, 0.1) is 5.69 Å². The lowest BCUT2D eigenvalue weighted by molar-refractivity contribution is 0.612. The summed E-state index contributed by atoms with van der Waals surface area (Å²) in [5.41, 5.74) is 0.939. The van der Waals surface area contributed by atoms with Gasteiger partial charge in [0, 0.05) is 6.54 Å². The molecular formula is C13H10FN5. The molecular weight excluding hydrogens is 245 g/mol. The highest BCUT2D eigenvalue weighted by Gasteiger charge is 2.17. The van der Waals surface area contributed by atoms with Crippen molar-refractivity contribution in [2.45, 2.75) is 6.54 Å². The number of hydrogen-bond acceptors (Lipinski definition) is 4. The summed E-state index contributed by atoms with van der Waals surface area (Å²) in [7, 11) is 1.74. The number of hydrogen-bond donors (Lipinski definition) is 1. The predicted molar refractivity (Wildman–Crippen MR) is 65.7 cm³/mol.